The highest BCUT2D eigenvalue weighted by molar-refractivity contribution is 5.96. The Morgan fingerprint density at radius 2 is 1.70 bits per heavy atom. The molecule has 4 rings (SSSR count). The first-order chi connectivity index (χ1) is 14.6. The Bertz CT molecular complexity index is 1020. The Hall–Kier alpha value is -3.68. The van der Waals surface area contributed by atoms with Gasteiger partial charge in [-0.25, -0.2) is 4.98 Å². The van der Waals surface area contributed by atoms with Gasteiger partial charge >= 0.3 is 0 Å². The van der Waals surface area contributed by atoms with Gasteiger partial charge in [-0.2, -0.15) is 0 Å². The number of likely N-dealkylation sites (tertiary alicyclic amines) is 1. The molecular weight excluding hydrogens is 382 g/mol. The van der Waals surface area contributed by atoms with Crippen LogP contribution in [0.5, 0.6) is 0 Å². The number of imidazole rings is 1. The lowest BCUT2D eigenvalue weighted by atomic mass is 9.96. The third kappa shape index (κ3) is 4.48. The van der Waals surface area contributed by atoms with E-state index in [-0.39, 0.29) is 30.2 Å². The van der Waals surface area contributed by atoms with Gasteiger partial charge in [0.25, 0.3) is 5.91 Å². The van der Waals surface area contributed by atoms with E-state index in [1.54, 1.807) is 29.2 Å². The summed E-state index contributed by atoms with van der Waals surface area (Å²) in [5.41, 5.74) is 2.18. The summed E-state index contributed by atoms with van der Waals surface area (Å²) < 4.78 is 0. The number of fused-ring (bicyclic) bond motifs is 1. The molecule has 8 nitrogen and oxygen atoms in total. The van der Waals surface area contributed by atoms with Crippen molar-refractivity contribution in [3.05, 3.63) is 60.2 Å². The van der Waals surface area contributed by atoms with Gasteiger partial charge in [-0.15, -0.1) is 0 Å². The van der Waals surface area contributed by atoms with Crippen molar-refractivity contribution < 1.29 is 14.4 Å². The molecule has 2 aromatic carbocycles. The fourth-order valence-electron chi connectivity index (χ4n) is 3.58. The van der Waals surface area contributed by atoms with Gasteiger partial charge in [0, 0.05) is 24.6 Å². The Balaban J connectivity index is 1.24. The van der Waals surface area contributed by atoms with Gasteiger partial charge in [0.15, 0.2) is 0 Å². The van der Waals surface area contributed by atoms with Crippen LogP contribution in [0.4, 0.5) is 5.95 Å². The summed E-state index contributed by atoms with van der Waals surface area (Å²) in [6.45, 7) is 0.917. The molecule has 1 saturated heterocycles. The normalized spacial score (nSPS) is 14.5. The third-order valence-electron chi connectivity index (χ3n) is 5.29. The van der Waals surface area contributed by atoms with E-state index in [9.17, 15) is 14.4 Å². The second-order valence-corrected chi connectivity index (χ2v) is 7.30. The Labute approximate surface area is 173 Å². The molecule has 0 radical (unpaired) electrons. The van der Waals surface area contributed by atoms with E-state index in [1.165, 1.54) is 0 Å². The number of benzene rings is 2. The molecule has 3 amide bonds. The highest BCUT2D eigenvalue weighted by Gasteiger charge is 2.28. The average Bonchev–Trinajstić information content (AvgIpc) is 3.20. The number of para-hydroxylation sites is 2. The van der Waals surface area contributed by atoms with Crippen LogP contribution in [0.1, 0.15) is 23.2 Å². The quantitative estimate of drug-likeness (QED) is 0.605. The van der Waals surface area contributed by atoms with Crippen molar-refractivity contribution in [3.63, 3.8) is 0 Å². The average molecular weight is 405 g/mol. The van der Waals surface area contributed by atoms with Crippen molar-refractivity contribution in [3.8, 4) is 0 Å². The summed E-state index contributed by atoms with van der Waals surface area (Å²) in [4.78, 5) is 46.2. The lowest BCUT2D eigenvalue weighted by molar-refractivity contribution is -0.133. The smallest absolute Gasteiger partial charge is 0.251 e. The number of piperidine rings is 1. The number of anilines is 1. The topological polar surface area (TPSA) is 107 Å². The van der Waals surface area contributed by atoms with Crippen molar-refractivity contribution in [2.24, 2.45) is 5.92 Å². The third-order valence-corrected chi connectivity index (χ3v) is 5.29. The first-order valence-electron chi connectivity index (χ1n) is 9.97. The van der Waals surface area contributed by atoms with Crippen LogP contribution in [0.2, 0.25) is 0 Å². The molecule has 154 valence electrons. The minimum absolute atomic E-state index is 0.0520. The first-order valence-corrected chi connectivity index (χ1v) is 9.97. The van der Waals surface area contributed by atoms with Crippen molar-refractivity contribution in [2.45, 2.75) is 12.8 Å². The number of hydrogen-bond acceptors (Lipinski definition) is 4. The molecule has 1 aromatic heterocycles. The van der Waals surface area contributed by atoms with Gasteiger partial charge in [-0.1, -0.05) is 30.3 Å². The van der Waals surface area contributed by atoms with E-state index in [1.807, 2.05) is 30.3 Å². The Morgan fingerprint density at radius 1 is 1.00 bits per heavy atom. The molecule has 1 aliphatic heterocycles. The number of H-pyrrole nitrogens is 1. The minimum Gasteiger partial charge on any atom is -0.343 e. The van der Waals surface area contributed by atoms with Crippen LogP contribution in [-0.2, 0) is 9.59 Å². The SMILES string of the molecule is O=C(NCC(=O)N1CCC(C(=O)Nc2nc3ccccc3[nH]2)CC1)c1ccccc1. The predicted octanol–water partition coefficient (Wildman–Crippen LogP) is 2.17. The maximum atomic E-state index is 12.6. The van der Waals surface area contributed by atoms with Crippen molar-refractivity contribution >= 4 is 34.7 Å². The van der Waals surface area contributed by atoms with Crippen molar-refractivity contribution in [1.82, 2.24) is 20.2 Å². The number of carbonyl (C=O) groups is 3. The minimum atomic E-state index is -0.274. The van der Waals surface area contributed by atoms with Crippen molar-refractivity contribution in [2.75, 3.05) is 25.0 Å². The summed E-state index contributed by atoms with van der Waals surface area (Å²) in [6, 6.07) is 16.4. The zero-order chi connectivity index (χ0) is 20.9. The molecule has 1 aliphatic rings. The van der Waals surface area contributed by atoms with E-state index < -0.39 is 0 Å². The number of amides is 3. The fraction of sp³-hybridized carbons (Fsp3) is 0.273. The van der Waals surface area contributed by atoms with Crippen LogP contribution in [0.3, 0.4) is 0 Å². The molecule has 3 aromatic rings. The lowest BCUT2D eigenvalue weighted by Crippen LogP contribution is -2.45. The summed E-state index contributed by atoms with van der Waals surface area (Å²) in [5.74, 6) is -0.262. The van der Waals surface area contributed by atoms with Crippen molar-refractivity contribution in [1.29, 1.82) is 0 Å². The lowest BCUT2D eigenvalue weighted by Gasteiger charge is -2.31. The molecule has 1 fully saturated rings. The van der Waals surface area contributed by atoms with E-state index in [2.05, 4.69) is 20.6 Å². The second kappa shape index (κ2) is 8.77. The molecular formula is C22H23N5O3. The van der Waals surface area contributed by atoms with Crippen LogP contribution in [0.15, 0.2) is 54.6 Å². The van der Waals surface area contributed by atoms with Gasteiger partial charge in [0.1, 0.15) is 0 Å². The maximum absolute atomic E-state index is 12.6. The molecule has 0 atom stereocenters. The first kappa shape index (κ1) is 19.6. The van der Waals surface area contributed by atoms with Crippen LogP contribution in [0.25, 0.3) is 11.0 Å². The van der Waals surface area contributed by atoms with Crippen LogP contribution in [-0.4, -0.2) is 52.2 Å². The van der Waals surface area contributed by atoms with E-state index >= 15 is 0 Å². The number of hydrogen-bond donors (Lipinski definition) is 3. The van der Waals surface area contributed by atoms with Gasteiger partial charge in [0.05, 0.1) is 17.6 Å². The largest absolute Gasteiger partial charge is 0.343 e. The molecule has 0 spiro atoms. The zero-order valence-corrected chi connectivity index (χ0v) is 16.4. The van der Waals surface area contributed by atoms with E-state index in [4.69, 9.17) is 0 Å². The molecule has 0 unspecified atom stereocenters. The van der Waals surface area contributed by atoms with Gasteiger partial charge < -0.3 is 15.2 Å². The Morgan fingerprint density at radius 3 is 2.43 bits per heavy atom. The predicted molar refractivity (Wildman–Crippen MR) is 113 cm³/mol. The summed E-state index contributed by atoms with van der Waals surface area (Å²) in [7, 11) is 0. The van der Waals surface area contributed by atoms with Gasteiger partial charge in [0.2, 0.25) is 17.8 Å². The zero-order valence-electron chi connectivity index (χ0n) is 16.4. The monoisotopic (exact) mass is 405 g/mol. The molecule has 0 saturated carbocycles. The number of nitrogens with one attached hydrogen (secondary N) is 3. The van der Waals surface area contributed by atoms with Gasteiger partial charge in [-0.3, -0.25) is 19.7 Å². The summed E-state index contributed by atoms with van der Waals surface area (Å²) >= 11 is 0. The molecule has 8 heteroatoms. The number of aromatic amines is 1. The molecule has 0 bridgehead atoms. The molecule has 3 N–H and O–H groups in total. The highest BCUT2D eigenvalue weighted by Crippen LogP contribution is 2.20. The molecule has 2 heterocycles. The second-order valence-electron chi connectivity index (χ2n) is 7.30. The Kier molecular flexibility index (Phi) is 5.74. The summed E-state index contributed by atoms with van der Waals surface area (Å²) in [5, 5.41) is 5.49. The number of aromatic nitrogens is 2. The molecule has 30 heavy (non-hydrogen) atoms. The number of nitrogens with zero attached hydrogens (tertiary/aromatic N) is 2. The number of carbonyl (C=O) groups excluding carboxylic acids is 3. The highest BCUT2D eigenvalue weighted by atomic mass is 16.2. The van der Waals surface area contributed by atoms with Crippen LogP contribution < -0.4 is 10.6 Å². The van der Waals surface area contributed by atoms with Gasteiger partial charge in [-0.05, 0) is 37.1 Å². The summed E-state index contributed by atoms with van der Waals surface area (Å²) in [6.07, 6.45) is 1.15. The van der Waals surface area contributed by atoms with Crippen LogP contribution >= 0.6 is 0 Å². The number of rotatable bonds is 5. The fourth-order valence-corrected chi connectivity index (χ4v) is 3.58. The van der Waals surface area contributed by atoms with E-state index in [0.717, 1.165) is 11.0 Å². The van der Waals surface area contributed by atoms with E-state index in [0.29, 0.717) is 37.4 Å². The standard InChI is InChI=1S/C22H23N5O3/c28-19(14-23-20(29)15-6-2-1-3-7-15)27-12-10-16(11-13-27)21(30)26-22-24-17-8-4-5-9-18(17)25-22/h1-9,16H,10-14H2,(H,23,29)(H2,24,25,26,30). The molecule has 0 aliphatic carbocycles. The maximum Gasteiger partial charge on any atom is 0.251 e. The van der Waals surface area contributed by atoms with Crippen LogP contribution in [0, 0.1) is 5.92 Å².